The topological polar surface area (TPSA) is 48.4 Å². The van der Waals surface area contributed by atoms with Gasteiger partial charge in [-0.3, -0.25) is 0 Å². The van der Waals surface area contributed by atoms with Crippen molar-refractivity contribution in [3.8, 4) is 17.0 Å². The molecule has 0 spiro atoms. The van der Waals surface area contributed by atoms with E-state index in [9.17, 15) is 9.18 Å². The van der Waals surface area contributed by atoms with Gasteiger partial charge < -0.3 is 9.47 Å². The lowest BCUT2D eigenvalue weighted by molar-refractivity contribution is 0.0599. The molecular formula is C17H16FNO3. The van der Waals surface area contributed by atoms with Gasteiger partial charge in [0, 0.05) is 12.3 Å². The van der Waals surface area contributed by atoms with Gasteiger partial charge in [0.15, 0.2) is 0 Å². The van der Waals surface area contributed by atoms with Gasteiger partial charge in [0.2, 0.25) is 5.88 Å². The Balaban J connectivity index is 2.69. The fourth-order valence-electron chi connectivity index (χ4n) is 2.24. The molecule has 1 aromatic heterocycles. The molecule has 0 saturated carbocycles. The monoisotopic (exact) mass is 301 g/mol. The molecule has 0 amide bonds. The van der Waals surface area contributed by atoms with E-state index in [0.29, 0.717) is 29.0 Å². The molecule has 2 rings (SSSR count). The number of methoxy groups -OCH3 is 2. The van der Waals surface area contributed by atoms with E-state index in [0.717, 1.165) is 0 Å². The van der Waals surface area contributed by atoms with Crippen molar-refractivity contribution >= 4 is 5.97 Å². The minimum atomic E-state index is -0.585. The maximum absolute atomic E-state index is 13.9. The van der Waals surface area contributed by atoms with Crippen LogP contribution in [0.25, 0.3) is 11.1 Å². The van der Waals surface area contributed by atoms with Crippen molar-refractivity contribution in [3.63, 3.8) is 0 Å². The first-order chi connectivity index (χ1) is 10.6. The first-order valence-corrected chi connectivity index (χ1v) is 6.62. The smallest absolute Gasteiger partial charge is 0.338 e. The van der Waals surface area contributed by atoms with E-state index in [1.165, 1.54) is 26.4 Å². The number of ether oxygens (including phenoxy) is 2. The Kier molecular flexibility index (Phi) is 4.88. The Morgan fingerprint density at radius 2 is 2.14 bits per heavy atom. The van der Waals surface area contributed by atoms with Crippen LogP contribution in [0.3, 0.4) is 0 Å². The summed E-state index contributed by atoms with van der Waals surface area (Å²) >= 11 is 0. The third-order valence-corrected chi connectivity index (χ3v) is 3.22. The Bertz CT molecular complexity index is 713. The second-order valence-corrected chi connectivity index (χ2v) is 4.55. The minimum absolute atomic E-state index is 0.188. The number of allylic oxidation sites excluding steroid dienone is 1. The summed E-state index contributed by atoms with van der Waals surface area (Å²) in [5, 5.41) is 0. The van der Waals surface area contributed by atoms with Crippen molar-refractivity contribution in [2.24, 2.45) is 0 Å². The van der Waals surface area contributed by atoms with Crippen LogP contribution in [0.2, 0.25) is 0 Å². The highest BCUT2D eigenvalue weighted by Crippen LogP contribution is 2.30. The predicted octanol–water partition coefficient (Wildman–Crippen LogP) is 3.41. The lowest BCUT2D eigenvalue weighted by atomic mass is 9.93. The molecule has 22 heavy (non-hydrogen) atoms. The van der Waals surface area contributed by atoms with Gasteiger partial charge in [-0.05, 0) is 41.3 Å². The van der Waals surface area contributed by atoms with Crippen molar-refractivity contribution in [2.45, 2.75) is 6.42 Å². The number of hydrogen-bond donors (Lipinski definition) is 0. The van der Waals surface area contributed by atoms with Crippen LogP contribution in [0.1, 0.15) is 15.9 Å². The third kappa shape index (κ3) is 3.14. The van der Waals surface area contributed by atoms with E-state index in [-0.39, 0.29) is 5.56 Å². The normalized spacial score (nSPS) is 10.1. The zero-order valence-electron chi connectivity index (χ0n) is 12.4. The summed E-state index contributed by atoms with van der Waals surface area (Å²) in [7, 11) is 2.77. The number of aromatic nitrogens is 1. The van der Waals surface area contributed by atoms with Gasteiger partial charge in [-0.25, -0.2) is 14.2 Å². The number of nitrogens with zero attached hydrogens (tertiary/aromatic N) is 1. The lowest BCUT2D eigenvalue weighted by Crippen LogP contribution is -2.08. The summed E-state index contributed by atoms with van der Waals surface area (Å²) in [5.74, 6) is -0.691. The van der Waals surface area contributed by atoms with Gasteiger partial charge in [-0.1, -0.05) is 6.08 Å². The summed E-state index contributed by atoms with van der Waals surface area (Å²) in [5.41, 5.74) is 2.12. The molecule has 1 heterocycles. The van der Waals surface area contributed by atoms with E-state index < -0.39 is 11.8 Å². The lowest BCUT2D eigenvalue weighted by Gasteiger charge is -2.13. The SMILES string of the molecule is C=CCc1c(C(=O)OC)cc(F)cc1-c1ccnc(OC)c1. The number of benzene rings is 1. The molecule has 0 atom stereocenters. The van der Waals surface area contributed by atoms with Crippen molar-refractivity contribution in [1.82, 2.24) is 4.98 Å². The number of rotatable bonds is 5. The quantitative estimate of drug-likeness (QED) is 0.627. The van der Waals surface area contributed by atoms with Gasteiger partial charge in [0.25, 0.3) is 0 Å². The molecule has 5 heteroatoms. The molecule has 0 saturated heterocycles. The minimum Gasteiger partial charge on any atom is -0.481 e. The molecule has 0 aliphatic heterocycles. The number of carbonyl (C=O) groups excluding carboxylic acids is 1. The highest BCUT2D eigenvalue weighted by atomic mass is 19.1. The molecule has 0 N–H and O–H groups in total. The molecule has 4 nitrogen and oxygen atoms in total. The van der Waals surface area contributed by atoms with Crippen LogP contribution in [-0.2, 0) is 11.2 Å². The molecule has 0 fully saturated rings. The number of hydrogen-bond acceptors (Lipinski definition) is 4. The van der Waals surface area contributed by atoms with Crippen LogP contribution in [0, 0.1) is 5.82 Å². The van der Waals surface area contributed by atoms with Crippen LogP contribution >= 0.6 is 0 Å². The van der Waals surface area contributed by atoms with Crippen LogP contribution < -0.4 is 4.74 Å². The molecule has 2 aromatic rings. The van der Waals surface area contributed by atoms with Gasteiger partial charge in [0.05, 0.1) is 19.8 Å². The molecule has 1 aromatic carbocycles. The first-order valence-electron chi connectivity index (χ1n) is 6.62. The molecule has 0 unspecified atom stereocenters. The van der Waals surface area contributed by atoms with Crippen molar-refractivity contribution in [3.05, 3.63) is 60.1 Å². The highest BCUT2D eigenvalue weighted by molar-refractivity contribution is 5.93. The van der Waals surface area contributed by atoms with Crippen LogP contribution in [-0.4, -0.2) is 25.2 Å². The van der Waals surface area contributed by atoms with Crippen LogP contribution in [0.15, 0.2) is 43.1 Å². The summed E-state index contributed by atoms with van der Waals surface area (Å²) < 4.78 is 23.8. The predicted molar refractivity (Wildman–Crippen MR) is 81.4 cm³/mol. The van der Waals surface area contributed by atoms with Gasteiger partial charge >= 0.3 is 5.97 Å². The van der Waals surface area contributed by atoms with Gasteiger partial charge in [-0.2, -0.15) is 0 Å². The Morgan fingerprint density at radius 1 is 1.36 bits per heavy atom. The van der Waals surface area contributed by atoms with E-state index >= 15 is 0 Å². The number of pyridine rings is 1. The fraction of sp³-hybridized carbons (Fsp3) is 0.176. The van der Waals surface area contributed by atoms with Crippen LogP contribution in [0.5, 0.6) is 5.88 Å². The number of esters is 1. The standard InChI is InChI=1S/C17H16FNO3/c1-4-5-13-14(11-6-7-19-16(8-11)21-2)9-12(18)10-15(13)17(20)22-3/h4,6-10H,1,5H2,2-3H3. The zero-order valence-corrected chi connectivity index (χ0v) is 12.4. The Morgan fingerprint density at radius 3 is 2.77 bits per heavy atom. The summed E-state index contributed by atoms with van der Waals surface area (Å²) in [6, 6.07) is 5.96. The average Bonchev–Trinajstić information content (AvgIpc) is 2.55. The summed E-state index contributed by atoms with van der Waals surface area (Å²) in [6.45, 7) is 3.69. The molecule has 0 radical (unpaired) electrons. The van der Waals surface area contributed by atoms with E-state index in [2.05, 4.69) is 11.6 Å². The summed E-state index contributed by atoms with van der Waals surface area (Å²) in [6.07, 6.45) is 3.63. The molecular weight excluding hydrogens is 285 g/mol. The van der Waals surface area contributed by atoms with Gasteiger partial charge in [-0.15, -0.1) is 6.58 Å². The maximum atomic E-state index is 13.9. The summed E-state index contributed by atoms with van der Waals surface area (Å²) in [4.78, 5) is 15.9. The number of halogens is 1. The third-order valence-electron chi connectivity index (χ3n) is 3.22. The second-order valence-electron chi connectivity index (χ2n) is 4.55. The van der Waals surface area contributed by atoms with Crippen molar-refractivity contribution in [2.75, 3.05) is 14.2 Å². The first kappa shape index (κ1) is 15.7. The van der Waals surface area contributed by atoms with Gasteiger partial charge in [0.1, 0.15) is 5.82 Å². The molecule has 0 aliphatic rings. The average molecular weight is 301 g/mol. The largest absolute Gasteiger partial charge is 0.481 e. The van der Waals surface area contributed by atoms with Crippen molar-refractivity contribution in [1.29, 1.82) is 0 Å². The molecule has 114 valence electrons. The van der Waals surface area contributed by atoms with E-state index in [4.69, 9.17) is 9.47 Å². The zero-order chi connectivity index (χ0) is 16.1. The maximum Gasteiger partial charge on any atom is 0.338 e. The number of carbonyl (C=O) groups is 1. The molecule has 0 aliphatic carbocycles. The Labute approximate surface area is 128 Å². The molecule has 0 bridgehead atoms. The van der Waals surface area contributed by atoms with Crippen LogP contribution in [0.4, 0.5) is 4.39 Å². The van der Waals surface area contributed by atoms with E-state index in [1.807, 2.05) is 0 Å². The second kappa shape index (κ2) is 6.85. The Hall–Kier alpha value is -2.69. The van der Waals surface area contributed by atoms with E-state index in [1.54, 1.807) is 24.4 Å². The fourth-order valence-corrected chi connectivity index (χ4v) is 2.24. The van der Waals surface area contributed by atoms with Crippen molar-refractivity contribution < 1.29 is 18.7 Å². The highest BCUT2D eigenvalue weighted by Gasteiger charge is 2.18.